The topological polar surface area (TPSA) is 35.2 Å². The Balaban J connectivity index is 2.57. The molecule has 0 spiro atoms. The molecule has 1 unspecified atom stereocenters. The van der Waals surface area contributed by atoms with E-state index < -0.39 is 12.6 Å². The molecular weight excluding hydrogens is 267 g/mol. The van der Waals surface area contributed by atoms with Crippen LogP contribution in [-0.4, -0.2) is 12.8 Å². The lowest BCUT2D eigenvalue weighted by Crippen LogP contribution is -2.11. The number of benzene rings is 1. The van der Waals surface area contributed by atoms with Gasteiger partial charge in [0.1, 0.15) is 5.75 Å². The summed E-state index contributed by atoms with van der Waals surface area (Å²) >= 11 is 5.82. The molecule has 6 heteroatoms. The molecule has 0 bridgehead atoms. The maximum atomic E-state index is 11.9. The first-order valence-electron chi connectivity index (χ1n) is 5.54. The third-order valence-corrected chi connectivity index (χ3v) is 2.56. The number of halogens is 4. The predicted octanol–water partition coefficient (Wildman–Crippen LogP) is 4.08. The van der Waals surface area contributed by atoms with Crippen molar-refractivity contribution < 1.29 is 17.9 Å². The van der Waals surface area contributed by atoms with E-state index in [4.69, 9.17) is 22.1 Å². The lowest BCUT2D eigenvalue weighted by Gasteiger charge is -2.14. The van der Waals surface area contributed by atoms with E-state index in [9.17, 15) is 13.2 Å². The lowest BCUT2D eigenvalue weighted by molar-refractivity contribution is -0.136. The van der Waals surface area contributed by atoms with Gasteiger partial charge in [0.2, 0.25) is 0 Å². The minimum Gasteiger partial charge on any atom is -0.493 e. The summed E-state index contributed by atoms with van der Waals surface area (Å²) in [6, 6.07) is 4.60. The average Bonchev–Trinajstić information content (AvgIpc) is 2.24. The van der Waals surface area contributed by atoms with Crippen molar-refractivity contribution in [1.29, 1.82) is 0 Å². The highest BCUT2D eigenvalue weighted by Crippen LogP contribution is 2.28. The molecule has 0 fully saturated rings. The Bertz CT molecular complexity index is 393. The molecule has 2 nitrogen and oxygen atoms in total. The molecule has 0 aliphatic heterocycles. The van der Waals surface area contributed by atoms with Crippen LogP contribution >= 0.6 is 11.6 Å². The Morgan fingerprint density at radius 1 is 1.39 bits per heavy atom. The van der Waals surface area contributed by atoms with Crippen LogP contribution in [0, 0.1) is 0 Å². The molecule has 2 N–H and O–H groups in total. The minimum absolute atomic E-state index is 0.000856. The Labute approximate surface area is 109 Å². The summed E-state index contributed by atoms with van der Waals surface area (Å²) in [4.78, 5) is 0. The van der Waals surface area contributed by atoms with Gasteiger partial charge in [-0.15, -0.1) is 0 Å². The SMILES string of the molecule is CC(N)c1cc(Cl)ccc1OCCCC(F)(F)F. The molecule has 102 valence electrons. The van der Waals surface area contributed by atoms with Gasteiger partial charge in [-0.05, 0) is 31.5 Å². The van der Waals surface area contributed by atoms with Gasteiger partial charge in [0.25, 0.3) is 0 Å². The van der Waals surface area contributed by atoms with Gasteiger partial charge in [-0.2, -0.15) is 13.2 Å². The third kappa shape index (κ3) is 5.14. The zero-order chi connectivity index (χ0) is 13.8. The summed E-state index contributed by atoms with van der Waals surface area (Å²) in [6.45, 7) is 1.76. The van der Waals surface area contributed by atoms with Crippen LogP contribution in [0.4, 0.5) is 13.2 Å². The fraction of sp³-hybridized carbons (Fsp3) is 0.500. The first-order chi connectivity index (χ1) is 8.29. The molecule has 0 heterocycles. The number of ether oxygens (including phenoxy) is 1. The van der Waals surface area contributed by atoms with Gasteiger partial charge in [-0.1, -0.05) is 11.6 Å². The highest BCUT2D eigenvalue weighted by molar-refractivity contribution is 6.30. The normalized spacial score (nSPS) is 13.4. The Hall–Kier alpha value is -0.940. The van der Waals surface area contributed by atoms with Crippen LogP contribution in [0.25, 0.3) is 0 Å². The van der Waals surface area contributed by atoms with E-state index in [1.165, 1.54) is 0 Å². The molecule has 1 atom stereocenters. The zero-order valence-corrected chi connectivity index (χ0v) is 10.7. The number of hydrogen-bond acceptors (Lipinski definition) is 2. The monoisotopic (exact) mass is 281 g/mol. The maximum absolute atomic E-state index is 11.9. The first kappa shape index (κ1) is 15.1. The van der Waals surface area contributed by atoms with Crippen molar-refractivity contribution >= 4 is 11.6 Å². The van der Waals surface area contributed by atoms with Crippen LogP contribution in [0.3, 0.4) is 0 Å². The summed E-state index contributed by atoms with van der Waals surface area (Å²) in [5.41, 5.74) is 6.43. The Morgan fingerprint density at radius 2 is 2.06 bits per heavy atom. The Morgan fingerprint density at radius 3 is 2.61 bits per heavy atom. The molecule has 1 rings (SSSR count). The van der Waals surface area contributed by atoms with Crippen LogP contribution in [-0.2, 0) is 0 Å². The van der Waals surface area contributed by atoms with Crippen molar-refractivity contribution in [3.05, 3.63) is 28.8 Å². The molecule has 0 aromatic heterocycles. The quantitative estimate of drug-likeness (QED) is 0.825. The smallest absolute Gasteiger partial charge is 0.389 e. The molecule has 1 aromatic carbocycles. The highest BCUT2D eigenvalue weighted by atomic mass is 35.5. The van der Waals surface area contributed by atoms with Gasteiger partial charge in [0.15, 0.2) is 0 Å². The van der Waals surface area contributed by atoms with E-state index in [1.807, 2.05) is 0 Å². The molecule has 0 amide bonds. The standard InChI is InChI=1S/C12H15ClF3NO/c1-8(17)10-7-9(13)3-4-11(10)18-6-2-5-12(14,15)16/h3-4,7-8H,2,5-6,17H2,1H3. The summed E-state index contributed by atoms with van der Waals surface area (Å²) < 4.78 is 41.2. The lowest BCUT2D eigenvalue weighted by atomic mass is 10.1. The molecule has 0 saturated carbocycles. The van der Waals surface area contributed by atoms with Crippen molar-refractivity contribution in [3.8, 4) is 5.75 Å². The van der Waals surface area contributed by atoms with Crippen LogP contribution in [0.5, 0.6) is 5.75 Å². The van der Waals surface area contributed by atoms with Crippen LogP contribution in [0.1, 0.15) is 31.4 Å². The second-order valence-corrected chi connectivity index (χ2v) is 4.47. The van der Waals surface area contributed by atoms with Crippen LogP contribution in [0.2, 0.25) is 5.02 Å². The van der Waals surface area contributed by atoms with Gasteiger partial charge in [-0.25, -0.2) is 0 Å². The number of hydrogen-bond donors (Lipinski definition) is 1. The van der Waals surface area contributed by atoms with Gasteiger partial charge in [0.05, 0.1) is 6.61 Å². The van der Waals surface area contributed by atoms with Crippen molar-refractivity contribution in [2.75, 3.05) is 6.61 Å². The first-order valence-corrected chi connectivity index (χ1v) is 5.92. The average molecular weight is 282 g/mol. The molecule has 0 aliphatic carbocycles. The predicted molar refractivity (Wildman–Crippen MR) is 64.8 cm³/mol. The van der Waals surface area contributed by atoms with Crippen molar-refractivity contribution in [2.45, 2.75) is 32.0 Å². The van der Waals surface area contributed by atoms with Crippen molar-refractivity contribution in [3.63, 3.8) is 0 Å². The summed E-state index contributed by atoms with van der Waals surface area (Å²) in [5, 5.41) is 0.518. The summed E-state index contributed by atoms with van der Waals surface area (Å²) in [5.74, 6) is 0.483. The molecule has 0 aliphatic rings. The van der Waals surface area contributed by atoms with Crippen LogP contribution in [0.15, 0.2) is 18.2 Å². The van der Waals surface area contributed by atoms with E-state index in [0.29, 0.717) is 16.3 Å². The largest absolute Gasteiger partial charge is 0.493 e. The second kappa shape index (κ2) is 6.29. The number of nitrogens with two attached hydrogens (primary N) is 1. The van der Waals surface area contributed by atoms with Gasteiger partial charge in [0, 0.05) is 23.0 Å². The fourth-order valence-electron chi connectivity index (χ4n) is 1.46. The second-order valence-electron chi connectivity index (χ2n) is 4.04. The molecule has 0 radical (unpaired) electrons. The third-order valence-electron chi connectivity index (χ3n) is 2.32. The summed E-state index contributed by atoms with van der Waals surface area (Å²) in [7, 11) is 0. The molecule has 18 heavy (non-hydrogen) atoms. The highest BCUT2D eigenvalue weighted by Gasteiger charge is 2.26. The minimum atomic E-state index is -4.15. The summed E-state index contributed by atoms with van der Waals surface area (Å²) in [6.07, 6.45) is -5.08. The number of rotatable bonds is 5. The number of alkyl halides is 3. The van der Waals surface area contributed by atoms with Crippen molar-refractivity contribution in [1.82, 2.24) is 0 Å². The van der Waals surface area contributed by atoms with E-state index in [1.54, 1.807) is 25.1 Å². The van der Waals surface area contributed by atoms with Gasteiger partial charge >= 0.3 is 6.18 Å². The van der Waals surface area contributed by atoms with E-state index in [2.05, 4.69) is 0 Å². The Kier molecular flexibility index (Phi) is 5.28. The fourth-order valence-corrected chi connectivity index (χ4v) is 1.64. The van der Waals surface area contributed by atoms with Gasteiger partial charge < -0.3 is 10.5 Å². The van der Waals surface area contributed by atoms with Crippen LogP contribution < -0.4 is 10.5 Å². The zero-order valence-electron chi connectivity index (χ0n) is 9.93. The molecular formula is C12H15ClF3NO. The molecule has 0 saturated heterocycles. The van der Waals surface area contributed by atoms with Crippen molar-refractivity contribution in [2.24, 2.45) is 5.73 Å². The van der Waals surface area contributed by atoms with Gasteiger partial charge in [-0.3, -0.25) is 0 Å². The molecule has 1 aromatic rings. The maximum Gasteiger partial charge on any atom is 0.389 e. The van der Waals surface area contributed by atoms with E-state index >= 15 is 0 Å². The van der Waals surface area contributed by atoms with E-state index in [-0.39, 0.29) is 19.1 Å². The van der Waals surface area contributed by atoms with E-state index in [0.717, 1.165) is 0 Å².